The molecule has 30 heavy (non-hydrogen) atoms. The van der Waals surface area contributed by atoms with Crippen LogP contribution in [0, 0.1) is 23.7 Å². The van der Waals surface area contributed by atoms with Crippen LogP contribution < -0.4 is 4.72 Å². The normalized spacial score (nSPS) is 20.1. The largest absolute Gasteiger partial charge is 0.416 e. The minimum Gasteiger partial charge on any atom is -0.395 e. The van der Waals surface area contributed by atoms with Crippen molar-refractivity contribution in [3.05, 3.63) is 29.8 Å². The summed E-state index contributed by atoms with van der Waals surface area (Å²) in [5.74, 6) is 6.93. The van der Waals surface area contributed by atoms with Crippen LogP contribution in [-0.4, -0.2) is 51.2 Å². The summed E-state index contributed by atoms with van der Waals surface area (Å²) in [6, 6.07) is 3.51. The standard InChI is InChI=1S/C21H29F3N2O3S/c1-2-26(14-15-27)13-3-4-17-5-7-18(8-6-17)16-25-30(28,29)20-11-9-19(10-12-20)21(22,23)24/h9-12,17-18,25,27H,2,5-8,13-16H2,1H3. The van der Waals surface area contributed by atoms with Crippen LogP contribution in [0.25, 0.3) is 0 Å². The average molecular weight is 447 g/mol. The first-order valence-corrected chi connectivity index (χ1v) is 11.6. The van der Waals surface area contributed by atoms with Gasteiger partial charge in [0.15, 0.2) is 0 Å². The maximum Gasteiger partial charge on any atom is 0.416 e. The van der Waals surface area contributed by atoms with Crippen LogP contribution in [0.1, 0.15) is 38.2 Å². The summed E-state index contributed by atoms with van der Waals surface area (Å²) < 4.78 is 65.1. The van der Waals surface area contributed by atoms with Gasteiger partial charge < -0.3 is 5.11 Å². The molecule has 1 aliphatic carbocycles. The van der Waals surface area contributed by atoms with Crippen LogP contribution in [-0.2, 0) is 16.2 Å². The second kappa shape index (κ2) is 11.1. The van der Waals surface area contributed by atoms with E-state index in [0.717, 1.165) is 56.5 Å². The number of rotatable bonds is 8. The van der Waals surface area contributed by atoms with E-state index in [4.69, 9.17) is 5.11 Å². The van der Waals surface area contributed by atoms with Gasteiger partial charge in [0, 0.05) is 19.0 Å². The third kappa shape index (κ3) is 7.58. The van der Waals surface area contributed by atoms with Crippen LogP contribution in [0.2, 0.25) is 0 Å². The molecule has 0 unspecified atom stereocenters. The van der Waals surface area contributed by atoms with Crippen LogP contribution in [0.5, 0.6) is 0 Å². The van der Waals surface area contributed by atoms with Crippen LogP contribution >= 0.6 is 0 Å². The minimum absolute atomic E-state index is 0.114. The zero-order valence-electron chi connectivity index (χ0n) is 17.1. The van der Waals surface area contributed by atoms with Gasteiger partial charge in [-0.1, -0.05) is 18.8 Å². The number of nitrogens with one attached hydrogen (secondary N) is 1. The van der Waals surface area contributed by atoms with Gasteiger partial charge in [-0.3, -0.25) is 4.90 Å². The lowest BCUT2D eigenvalue weighted by Gasteiger charge is -2.26. The average Bonchev–Trinajstić information content (AvgIpc) is 2.72. The molecule has 0 aromatic heterocycles. The zero-order chi connectivity index (χ0) is 22.2. The minimum atomic E-state index is -4.50. The van der Waals surface area contributed by atoms with Crippen molar-refractivity contribution in [1.82, 2.24) is 9.62 Å². The Morgan fingerprint density at radius 2 is 1.80 bits per heavy atom. The summed E-state index contributed by atoms with van der Waals surface area (Å²) >= 11 is 0. The molecule has 0 amide bonds. The number of nitrogens with zero attached hydrogens (tertiary/aromatic N) is 1. The highest BCUT2D eigenvalue weighted by atomic mass is 32.2. The monoisotopic (exact) mass is 446 g/mol. The van der Waals surface area contributed by atoms with Gasteiger partial charge in [0.05, 0.1) is 23.6 Å². The van der Waals surface area contributed by atoms with Crippen molar-refractivity contribution < 1.29 is 26.7 Å². The summed E-state index contributed by atoms with van der Waals surface area (Å²) in [4.78, 5) is 1.90. The smallest absolute Gasteiger partial charge is 0.395 e. The molecule has 2 N–H and O–H groups in total. The molecule has 0 aliphatic heterocycles. The quantitative estimate of drug-likeness (QED) is 0.602. The molecule has 0 radical (unpaired) electrons. The Morgan fingerprint density at radius 1 is 1.17 bits per heavy atom. The molecule has 1 aromatic carbocycles. The van der Waals surface area contributed by atoms with E-state index in [1.54, 1.807) is 0 Å². The number of hydrogen-bond acceptors (Lipinski definition) is 4. The molecule has 1 aromatic rings. The molecule has 0 bridgehead atoms. The van der Waals surface area contributed by atoms with Gasteiger partial charge in [0.1, 0.15) is 0 Å². The molecule has 2 rings (SSSR count). The Kier molecular flexibility index (Phi) is 9.16. The van der Waals surface area contributed by atoms with Gasteiger partial charge in [-0.2, -0.15) is 13.2 Å². The lowest BCUT2D eigenvalue weighted by atomic mass is 9.82. The van der Waals surface area contributed by atoms with Crippen molar-refractivity contribution in [2.75, 3.05) is 32.8 Å². The number of aliphatic hydroxyl groups excluding tert-OH is 1. The fourth-order valence-corrected chi connectivity index (χ4v) is 4.55. The molecule has 1 aliphatic rings. The number of aliphatic hydroxyl groups is 1. The Hall–Kier alpha value is -1.60. The first kappa shape index (κ1) is 24.7. The lowest BCUT2D eigenvalue weighted by Crippen LogP contribution is -2.31. The van der Waals surface area contributed by atoms with Crippen LogP contribution in [0.3, 0.4) is 0 Å². The first-order chi connectivity index (χ1) is 14.2. The molecule has 168 valence electrons. The van der Waals surface area contributed by atoms with Crippen LogP contribution in [0.15, 0.2) is 29.2 Å². The number of hydrogen-bond donors (Lipinski definition) is 2. The van der Waals surface area contributed by atoms with Crippen molar-refractivity contribution >= 4 is 10.0 Å². The highest BCUT2D eigenvalue weighted by Gasteiger charge is 2.30. The Bertz CT molecular complexity index is 822. The van der Waals surface area contributed by atoms with E-state index < -0.39 is 21.8 Å². The predicted octanol–water partition coefficient (Wildman–Crippen LogP) is 3.11. The Labute approximate surface area is 176 Å². The Balaban J connectivity index is 1.80. The summed E-state index contributed by atoms with van der Waals surface area (Å²) in [7, 11) is -3.84. The molecule has 0 atom stereocenters. The third-order valence-electron chi connectivity index (χ3n) is 5.37. The van der Waals surface area contributed by atoms with E-state index in [-0.39, 0.29) is 24.0 Å². The van der Waals surface area contributed by atoms with Gasteiger partial charge in [-0.05, 0) is 62.4 Å². The van der Waals surface area contributed by atoms with E-state index in [0.29, 0.717) is 19.0 Å². The van der Waals surface area contributed by atoms with E-state index >= 15 is 0 Å². The first-order valence-electron chi connectivity index (χ1n) is 10.1. The van der Waals surface area contributed by atoms with Gasteiger partial charge in [0.25, 0.3) is 0 Å². The second-order valence-corrected chi connectivity index (χ2v) is 9.27. The molecular formula is C21H29F3N2O3S. The number of halogens is 3. The van der Waals surface area contributed by atoms with Gasteiger partial charge in [-0.15, -0.1) is 0 Å². The van der Waals surface area contributed by atoms with Crippen LogP contribution in [0.4, 0.5) is 13.2 Å². The molecular weight excluding hydrogens is 417 g/mol. The molecule has 0 heterocycles. The highest BCUT2D eigenvalue weighted by Crippen LogP contribution is 2.30. The maximum atomic E-state index is 12.6. The number of alkyl halides is 3. The number of sulfonamides is 1. The SMILES string of the molecule is CCN(CC#CC1CCC(CNS(=O)(=O)c2ccc(C(F)(F)F)cc2)CC1)CCO. The van der Waals surface area contributed by atoms with Gasteiger partial charge in [-0.25, -0.2) is 13.1 Å². The van der Waals surface area contributed by atoms with Crippen molar-refractivity contribution in [2.24, 2.45) is 11.8 Å². The highest BCUT2D eigenvalue weighted by molar-refractivity contribution is 7.89. The van der Waals surface area contributed by atoms with Crippen molar-refractivity contribution in [1.29, 1.82) is 0 Å². The van der Waals surface area contributed by atoms with Gasteiger partial charge in [0.2, 0.25) is 10.0 Å². The predicted molar refractivity (Wildman–Crippen MR) is 109 cm³/mol. The summed E-state index contributed by atoms with van der Waals surface area (Å²) in [5.41, 5.74) is -0.876. The molecule has 0 saturated heterocycles. The maximum absolute atomic E-state index is 12.6. The van der Waals surface area contributed by atoms with E-state index in [9.17, 15) is 21.6 Å². The number of likely N-dealkylation sites (N-methyl/N-ethyl adjacent to an activating group) is 1. The fourth-order valence-electron chi connectivity index (χ4n) is 3.44. The van der Waals surface area contributed by atoms with Crippen molar-refractivity contribution in [3.63, 3.8) is 0 Å². The zero-order valence-corrected chi connectivity index (χ0v) is 17.9. The lowest BCUT2D eigenvalue weighted by molar-refractivity contribution is -0.137. The molecule has 1 fully saturated rings. The fraction of sp³-hybridized carbons (Fsp3) is 0.619. The van der Waals surface area contributed by atoms with E-state index in [2.05, 4.69) is 21.5 Å². The summed E-state index contributed by atoms with van der Waals surface area (Å²) in [6.45, 7) is 4.48. The molecule has 1 saturated carbocycles. The summed E-state index contributed by atoms with van der Waals surface area (Å²) in [6.07, 6.45) is -1.01. The van der Waals surface area contributed by atoms with E-state index in [1.165, 1.54) is 0 Å². The second-order valence-electron chi connectivity index (χ2n) is 7.51. The number of benzene rings is 1. The topological polar surface area (TPSA) is 69.6 Å². The van der Waals surface area contributed by atoms with Crippen molar-refractivity contribution in [2.45, 2.75) is 43.7 Å². The summed E-state index contributed by atoms with van der Waals surface area (Å²) in [5, 5.41) is 8.99. The third-order valence-corrected chi connectivity index (χ3v) is 6.81. The molecule has 0 spiro atoms. The van der Waals surface area contributed by atoms with E-state index in [1.807, 2.05) is 6.92 Å². The van der Waals surface area contributed by atoms with Crippen molar-refractivity contribution in [3.8, 4) is 11.8 Å². The molecule has 9 heteroatoms. The van der Waals surface area contributed by atoms with Gasteiger partial charge >= 0.3 is 6.18 Å². The molecule has 5 nitrogen and oxygen atoms in total. The Morgan fingerprint density at radius 3 is 2.33 bits per heavy atom.